The van der Waals surface area contributed by atoms with Gasteiger partial charge in [-0.3, -0.25) is 9.78 Å². The minimum Gasteiger partial charge on any atom is -0.472 e. The Kier molecular flexibility index (Phi) is 5.71. The second-order valence-electron chi connectivity index (χ2n) is 6.04. The molecule has 3 rings (SSSR count). The summed E-state index contributed by atoms with van der Waals surface area (Å²) in [6.45, 7) is 0.368. The molecule has 0 aliphatic heterocycles. The predicted molar refractivity (Wildman–Crippen MR) is 94.6 cm³/mol. The van der Waals surface area contributed by atoms with Crippen molar-refractivity contribution < 1.29 is 14.3 Å². The zero-order chi connectivity index (χ0) is 17.6. The molecule has 25 heavy (non-hydrogen) atoms. The van der Waals surface area contributed by atoms with Crippen LogP contribution in [0.1, 0.15) is 24.8 Å². The predicted octanol–water partition coefficient (Wildman–Crippen LogP) is 3.46. The lowest BCUT2D eigenvalue weighted by atomic mass is 10.1. The molecule has 7 heteroatoms. The summed E-state index contributed by atoms with van der Waals surface area (Å²) in [5.41, 5.74) is 0.962. The first-order chi connectivity index (χ1) is 12.1. The Balaban J connectivity index is 1.56. The maximum absolute atomic E-state index is 11.6. The third-order valence-electron chi connectivity index (χ3n) is 4.21. The third kappa shape index (κ3) is 4.82. The van der Waals surface area contributed by atoms with E-state index in [1.807, 2.05) is 24.3 Å². The highest BCUT2D eigenvalue weighted by Gasteiger charge is 2.30. The van der Waals surface area contributed by atoms with Crippen LogP contribution in [-0.4, -0.2) is 29.1 Å². The lowest BCUT2D eigenvalue weighted by Crippen LogP contribution is -2.19. The fourth-order valence-corrected chi connectivity index (χ4v) is 3.19. The number of hydrogen-bond donors (Lipinski definition) is 1. The van der Waals surface area contributed by atoms with Crippen molar-refractivity contribution in [2.75, 3.05) is 12.4 Å². The van der Waals surface area contributed by atoms with Gasteiger partial charge < -0.3 is 14.8 Å². The van der Waals surface area contributed by atoms with Crippen LogP contribution in [0.2, 0.25) is 5.02 Å². The molecule has 0 bridgehead atoms. The van der Waals surface area contributed by atoms with Gasteiger partial charge in [0.2, 0.25) is 5.88 Å². The highest BCUT2D eigenvalue weighted by Crippen LogP contribution is 2.28. The molecule has 2 aromatic rings. The number of nitrogens with zero attached hydrogens (tertiary/aromatic N) is 2. The SMILES string of the molecule is COC(=O)[C@H]1CC[C@@H](Nc2cncc(OCc3cccc(Cl)c3)n2)C1. The van der Waals surface area contributed by atoms with Crippen LogP contribution in [0, 0.1) is 5.92 Å². The molecule has 1 aromatic heterocycles. The molecule has 1 aromatic carbocycles. The number of rotatable bonds is 6. The summed E-state index contributed by atoms with van der Waals surface area (Å²) in [7, 11) is 1.43. The number of nitrogens with one attached hydrogen (secondary N) is 1. The van der Waals surface area contributed by atoms with Crippen molar-refractivity contribution >= 4 is 23.4 Å². The molecule has 0 radical (unpaired) electrons. The number of anilines is 1. The van der Waals surface area contributed by atoms with Crippen LogP contribution >= 0.6 is 11.6 Å². The molecule has 1 aliphatic rings. The van der Waals surface area contributed by atoms with Crippen molar-refractivity contribution in [3.63, 3.8) is 0 Å². The monoisotopic (exact) mass is 361 g/mol. The van der Waals surface area contributed by atoms with Gasteiger partial charge in [-0.2, -0.15) is 4.98 Å². The molecule has 0 saturated heterocycles. The standard InChI is InChI=1S/C18H20ClN3O3/c1-24-18(23)13-5-6-15(8-13)21-16-9-20-10-17(22-16)25-11-12-3-2-4-14(19)7-12/h2-4,7,9-10,13,15H,5-6,8,11H2,1H3,(H,21,22)/t13-,15+/m0/s1. The van der Waals surface area contributed by atoms with Crippen LogP contribution in [0.4, 0.5) is 5.82 Å². The van der Waals surface area contributed by atoms with Gasteiger partial charge in [-0.15, -0.1) is 0 Å². The van der Waals surface area contributed by atoms with Crippen LogP contribution < -0.4 is 10.1 Å². The van der Waals surface area contributed by atoms with E-state index in [2.05, 4.69) is 15.3 Å². The van der Waals surface area contributed by atoms with Crippen molar-refractivity contribution in [3.05, 3.63) is 47.2 Å². The molecule has 1 aliphatic carbocycles. The zero-order valence-corrected chi connectivity index (χ0v) is 14.7. The summed E-state index contributed by atoms with van der Waals surface area (Å²) in [6.07, 6.45) is 5.68. The van der Waals surface area contributed by atoms with Crippen molar-refractivity contribution in [2.24, 2.45) is 5.92 Å². The van der Waals surface area contributed by atoms with Gasteiger partial charge in [0.05, 0.1) is 25.4 Å². The number of halogens is 1. The summed E-state index contributed by atoms with van der Waals surface area (Å²) in [5, 5.41) is 3.99. The minimum atomic E-state index is -0.144. The van der Waals surface area contributed by atoms with Crippen molar-refractivity contribution in [2.45, 2.75) is 31.9 Å². The van der Waals surface area contributed by atoms with E-state index in [9.17, 15) is 4.79 Å². The number of benzene rings is 1. The maximum Gasteiger partial charge on any atom is 0.308 e. The Labute approximate surface area is 151 Å². The first-order valence-electron chi connectivity index (χ1n) is 8.17. The summed E-state index contributed by atoms with van der Waals surface area (Å²) in [6, 6.07) is 7.66. The third-order valence-corrected chi connectivity index (χ3v) is 4.44. The maximum atomic E-state index is 11.6. The second-order valence-corrected chi connectivity index (χ2v) is 6.47. The molecule has 1 saturated carbocycles. The fourth-order valence-electron chi connectivity index (χ4n) is 2.97. The number of aromatic nitrogens is 2. The van der Waals surface area contributed by atoms with E-state index in [0.717, 1.165) is 24.8 Å². The molecule has 6 nitrogen and oxygen atoms in total. The molecule has 132 valence electrons. The first-order valence-corrected chi connectivity index (χ1v) is 8.55. The van der Waals surface area contributed by atoms with E-state index in [1.54, 1.807) is 12.4 Å². The van der Waals surface area contributed by atoms with Gasteiger partial charge in [0.15, 0.2) is 0 Å². The van der Waals surface area contributed by atoms with E-state index in [1.165, 1.54) is 7.11 Å². The van der Waals surface area contributed by atoms with Gasteiger partial charge in [0, 0.05) is 11.1 Å². The zero-order valence-electron chi connectivity index (χ0n) is 13.9. The Bertz CT molecular complexity index is 741. The van der Waals surface area contributed by atoms with Gasteiger partial charge in [-0.1, -0.05) is 23.7 Å². The van der Waals surface area contributed by atoms with E-state index in [4.69, 9.17) is 21.1 Å². The number of methoxy groups -OCH3 is 1. The van der Waals surface area contributed by atoms with E-state index >= 15 is 0 Å². The summed E-state index contributed by atoms with van der Waals surface area (Å²) in [4.78, 5) is 20.2. The molecule has 2 atom stereocenters. The topological polar surface area (TPSA) is 73.3 Å². The van der Waals surface area contributed by atoms with E-state index in [0.29, 0.717) is 23.3 Å². The Hall–Kier alpha value is -2.34. The van der Waals surface area contributed by atoms with Crippen LogP contribution in [-0.2, 0) is 16.1 Å². The van der Waals surface area contributed by atoms with E-state index < -0.39 is 0 Å². The molecule has 0 amide bonds. The summed E-state index contributed by atoms with van der Waals surface area (Å²) < 4.78 is 10.5. The summed E-state index contributed by atoms with van der Waals surface area (Å²) in [5.74, 6) is 0.887. The van der Waals surface area contributed by atoms with E-state index in [-0.39, 0.29) is 17.9 Å². The Morgan fingerprint density at radius 3 is 3.04 bits per heavy atom. The molecule has 1 fully saturated rings. The molecular weight excluding hydrogens is 342 g/mol. The lowest BCUT2D eigenvalue weighted by Gasteiger charge is -2.14. The van der Waals surface area contributed by atoms with Crippen LogP contribution in [0.3, 0.4) is 0 Å². The average Bonchev–Trinajstić information content (AvgIpc) is 3.08. The van der Waals surface area contributed by atoms with Crippen LogP contribution in [0.5, 0.6) is 5.88 Å². The number of ether oxygens (including phenoxy) is 2. The molecule has 1 N–H and O–H groups in total. The number of esters is 1. The van der Waals surface area contributed by atoms with Crippen molar-refractivity contribution in [3.8, 4) is 5.88 Å². The Morgan fingerprint density at radius 2 is 2.24 bits per heavy atom. The first kappa shape index (κ1) is 17.5. The Morgan fingerprint density at radius 1 is 1.36 bits per heavy atom. The summed E-state index contributed by atoms with van der Waals surface area (Å²) >= 11 is 5.97. The molecule has 1 heterocycles. The van der Waals surface area contributed by atoms with Gasteiger partial charge in [0.1, 0.15) is 12.4 Å². The molecular formula is C18H20ClN3O3. The quantitative estimate of drug-likeness (QED) is 0.794. The smallest absolute Gasteiger partial charge is 0.308 e. The largest absolute Gasteiger partial charge is 0.472 e. The number of carbonyl (C=O) groups excluding carboxylic acids is 1. The molecule has 0 spiro atoms. The van der Waals surface area contributed by atoms with Gasteiger partial charge in [-0.05, 0) is 37.0 Å². The fraction of sp³-hybridized carbons (Fsp3) is 0.389. The normalized spacial score (nSPS) is 19.4. The van der Waals surface area contributed by atoms with Gasteiger partial charge >= 0.3 is 5.97 Å². The minimum absolute atomic E-state index is 0.0438. The van der Waals surface area contributed by atoms with Crippen molar-refractivity contribution in [1.29, 1.82) is 0 Å². The van der Waals surface area contributed by atoms with Gasteiger partial charge in [0.25, 0.3) is 0 Å². The van der Waals surface area contributed by atoms with Crippen LogP contribution in [0.15, 0.2) is 36.7 Å². The number of hydrogen-bond acceptors (Lipinski definition) is 6. The highest BCUT2D eigenvalue weighted by atomic mass is 35.5. The van der Waals surface area contributed by atoms with Gasteiger partial charge in [-0.25, -0.2) is 0 Å². The van der Waals surface area contributed by atoms with Crippen LogP contribution in [0.25, 0.3) is 0 Å². The molecule has 0 unspecified atom stereocenters. The lowest BCUT2D eigenvalue weighted by molar-refractivity contribution is -0.145. The van der Waals surface area contributed by atoms with Crippen molar-refractivity contribution in [1.82, 2.24) is 9.97 Å². The highest BCUT2D eigenvalue weighted by molar-refractivity contribution is 6.30. The average molecular weight is 362 g/mol. The number of carbonyl (C=O) groups is 1. The second kappa shape index (κ2) is 8.16.